The fourth-order valence-corrected chi connectivity index (χ4v) is 4.76. The van der Waals surface area contributed by atoms with Gasteiger partial charge in [-0.05, 0) is 61.2 Å². The lowest BCUT2D eigenvalue weighted by atomic mass is 10.0. The number of nitrogens with one attached hydrogen (secondary N) is 2. The van der Waals surface area contributed by atoms with E-state index in [4.69, 9.17) is 0 Å². The summed E-state index contributed by atoms with van der Waals surface area (Å²) in [5.41, 5.74) is 7.14. The van der Waals surface area contributed by atoms with E-state index >= 15 is 0 Å². The first-order valence-corrected chi connectivity index (χ1v) is 10.8. The van der Waals surface area contributed by atoms with Gasteiger partial charge in [-0.25, -0.2) is 9.07 Å². The average molecular weight is 426 g/mol. The lowest BCUT2D eigenvalue weighted by molar-refractivity contribution is -0.116. The number of fused-ring (bicyclic) bond motifs is 1. The maximum atomic E-state index is 13.5. The van der Waals surface area contributed by atoms with Crippen molar-refractivity contribution in [1.29, 1.82) is 0 Å². The predicted octanol–water partition coefficient (Wildman–Crippen LogP) is 4.38. The molecule has 1 aliphatic rings. The summed E-state index contributed by atoms with van der Waals surface area (Å²) in [4.78, 5) is 13.3. The molecule has 0 unspecified atom stereocenters. The molecule has 1 aliphatic heterocycles. The van der Waals surface area contributed by atoms with Crippen LogP contribution in [0.4, 0.5) is 10.1 Å². The van der Waals surface area contributed by atoms with Crippen LogP contribution in [0.5, 0.6) is 0 Å². The van der Waals surface area contributed by atoms with E-state index in [1.807, 2.05) is 30.7 Å². The molecule has 0 saturated heterocycles. The number of nitrogens with zero attached hydrogens (tertiary/aromatic N) is 3. The number of aryl methyl sites for hydroxylation is 3. The number of anilines is 1. The molecule has 0 spiro atoms. The maximum Gasteiger partial charge on any atom is 0.240 e. The molecule has 6 nitrogen and oxygen atoms in total. The van der Waals surface area contributed by atoms with Gasteiger partial charge in [0, 0.05) is 12.1 Å². The molecule has 0 aliphatic carbocycles. The van der Waals surface area contributed by atoms with E-state index in [9.17, 15) is 9.18 Å². The third-order valence-corrected chi connectivity index (χ3v) is 6.17. The summed E-state index contributed by atoms with van der Waals surface area (Å²) in [5.74, 6) is 0.369. The molecule has 2 N–H and O–H groups in total. The van der Waals surface area contributed by atoms with Gasteiger partial charge in [0.2, 0.25) is 11.1 Å². The standard InChI is InChI=1S/C22H24FN5OS/c1-4-5-18-25-26-22-28(18)27-19(15-6-8-16(23)9-7-15)20(30-22)21(29)24-17-11-13(2)10-14(3)12-17/h6-12,19-20,27H,4-5H2,1-3H3,(H,24,29)/t19-,20+/m0/s1. The van der Waals surface area contributed by atoms with Crippen LogP contribution in [-0.2, 0) is 11.2 Å². The molecule has 8 heteroatoms. The molecule has 1 amide bonds. The number of carbonyl (C=O) groups excluding carboxylic acids is 1. The topological polar surface area (TPSA) is 71.8 Å². The average Bonchev–Trinajstić information content (AvgIpc) is 3.09. The van der Waals surface area contributed by atoms with Crippen LogP contribution in [0.25, 0.3) is 0 Å². The van der Waals surface area contributed by atoms with Crippen LogP contribution in [0.1, 0.15) is 41.9 Å². The van der Waals surface area contributed by atoms with E-state index in [2.05, 4.69) is 33.9 Å². The summed E-state index contributed by atoms with van der Waals surface area (Å²) in [5, 5.41) is 11.7. The second-order valence-electron chi connectivity index (χ2n) is 7.55. The molecular weight excluding hydrogens is 401 g/mol. The number of hydrogen-bond donors (Lipinski definition) is 2. The summed E-state index contributed by atoms with van der Waals surface area (Å²) >= 11 is 1.37. The number of benzene rings is 2. The first-order chi connectivity index (χ1) is 14.4. The first-order valence-electron chi connectivity index (χ1n) is 9.96. The highest BCUT2D eigenvalue weighted by Crippen LogP contribution is 2.37. The van der Waals surface area contributed by atoms with E-state index in [0.717, 1.165) is 41.0 Å². The summed E-state index contributed by atoms with van der Waals surface area (Å²) < 4.78 is 15.3. The van der Waals surface area contributed by atoms with Gasteiger partial charge in [-0.15, -0.1) is 10.2 Å². The monoisotopic (exact) mass is 425 g/mol. The van der Waals surface area contributed by atoms with E-state index in [-0.39, 0.29) is 17.8 Å². The molecular formula is C22H24FN5OS. The van der Waals surface area contributed by atoms with Crippen LogP contribution in [0.2, 0.25) is 0 Å². The highest BCUT2D eigenvalue weighted by Gasteiger charge is 2.37. The molecule has 0 saturated carbocycles. The normalized spacial score (nSPS) is 17.9. The Morgan fingerprint density at radius 1 is 1.17 bits per heavy atom. The van der Waals surface area contributed by atoms with Crippen molar-refractivity contribution in [3.63, 3.8) is 0 Å². The summed E-state index contributed by atoms with van der Waals surface area (Å²) in [6, 6.07) is 11.8. The molecule has 3 aromatic rings. The van der Waals surface area contributed by atoms with Crippen molar-refractivity contribution in [2.75, 3.05) is 10.7 Å². The number of hydrogen-bond acceptors (Lipinski definition) is 5. The van der Waals surface area contributed by atoms with Gasteiger partial charge in [-0.1, -0.05) is 36.9 Å². The Labute approximate surface area is 179 Å². The lowest BCUT2D eigenvalue weighted by Gasteiger charge is -2.33. The number of thioether (sulfide) groups is 1. The van der Waals surface area contributed by atoms with Crippen LogP contribution >= 0.6 is 11.8 Å². The van der Waals surface area contributed by atoms with Gasteiger partial charge >= 0.3 is 0 Å². The van der Waals surface area contributed by atoms with Gasteiger partial charge in [-0.3, -0.25) is 4.79 Å². The van der Waals surface area contributed by atoms with Crippen molar-refractivity contribution in [2.45, 2.75) is 50.1 Å². The number of aromatic nitrogens is 3. The van der Waals surface area contributed by atoms with Crippen molar-refractivity contribution in [3.05, 3.63) is 70.8 Å². The Hall–Kier alpha value is -2.87. The lowest BCUT2D eigenvalue weighted by Crippen LogP contribution is -2.41. The fourth-order valence-electron chi connectivity index (χ4n) is 3.66. The molecule has 0 bridgehead atoms. The third-order valence-electron chi connectivity index (χ3n) is 4.95. The minimum atomic E-state index is -0.498. The van der Waals surface area contributed by atoms with E-state index in [1.165, 1.54) is 23.9 Å². The van der Waals surface area contributed by atoms with Crippen molar-refractivity contribution in [2.24, 2.45) is 0 Å². The number of amides is 1. The highest BCUT2D eigenvalue weighted by atomic mass is 32.2. The number of halogens is 1. The zero-order chi connectivity index (χ0) is 21.3. The van der Waals surface area contributed by atoms with E-state index < -0.39 is 5.25 Å². The minimum Gasteiger partial charge on any atom is -0.325 e. The predicted molar refractivity (Wildman–Crippen MR) is 117 cm³/mol. The summed E-state index contributed by atoms with van der Waals surface area (Å²) in [6.45, 7) is 6.08. The van der Waals surface area contributed by atoms with Crippen LogP contribution in [-0.4, -0.2) is 26.0 Å². The molecule has 2 atom stereocenters. The van der Waals surface area contributed by atoms with Crippen molar-refractivity contribution in [1.82, 2.24) is 14.9 Å². The molecule has 4 rings (SSSR count). The Morgan fingerprint density at radius 2 is 1.87 bits per heavy atom. The van der Waals surface area contributed by atoms with Gasteiger partial charge in [-0.2, -0.15) is 0 Å². The molecule has 2 heterocycles. The zero-order valence-corrected chi connectivity index (χ0v) is 18.0. The Kier molecular flexibility index (Phi) is 5.76. The van der Waals surface area contributed by atoms with Gasteiger partial charge < -0.3 is 10.7 Å². The Morgan fingerprint density at radius 3 is 2.53 bits per heavy atom. The molecule has 0 fully saturated rings. The largest absolute Gasteiger partial charge is 0.325 e. The number of rotatable bonds is 5. The van der Waals surface area contributed by atoms with Crippen LogP contribution in [0.15, 0.2) is 47.6 Å². The van der Waals surface area contributed by atoms with Gasteiger partial charge in [0.25, 0.3) is 0 Å². The molecule has 156 valence electrons. The molecule has 2 aromatic carbocycles. The minimum absolute atomic E-state index is 0.141. The summed E-state index contributed by atoms with van der Waals surface area (Å²) in [6.07, 6.45) is 1.71. The van der Waals surface area contributed by atoms with Crippen molar-refractivity contribution >= 4 is 23.4 Å². The van der Waals surface area contributed by atoms with Gasteiger partial charge in [0.1, 0.15) is 11.1 Å². The van der Waals surface area contributed by atoms with Crippen LogP contribution in [0, 0.1) is 19.7 Å². The Bertz CT molecular complexity index is 1050. The van der Waals surface area contributed by atoms with Crippen LogP contribution < -0.4 is 10.7 Å². The zero-order valence-electron chi connectivity index (χ0n) is 17.1. The second-order valence-corrected chi connectivity index (χ2v) is 8.66. The van der Waals surface area contributed by atoms with Crippen molar-refractivity contribution in [3.8, 4) is 0 Å². The number of carbonyl (C=O) groups is 1. The van der Waals surface area contributed by atoms with Crippen molar-refractivity contribution < 1.29 is 9.18 Å². The van der Waals surface area contributed by atoms with E-state index in [0.29, 0.717) is 5.16 Å². The third kappa shape index (κ3) is 4.18. The molecule has 0 radical (unpaired) electrons. The van der Waals surface area contributed by atoms with Crippen LogP contribution in [0.3, 0.4) is 0 Å². The quantitative estimate of drug-likeness (QED) is 0.635. The SMILES string of the molecule is CCCc1nnc2n1N[C@@H](c1ccc(F)cc1)[C@H](C(=O)Nc1cc(C)cc(C)c1)S2. The first kappa shape index (κ1) is 20.4. The molecule has 1 aromatic heterocycles. The van der Waals surface area contributed by atoms with Gasteiger partial charge in [0.05, 0.1) is 6.04 Å². The Balaban J connectivity index is 1.67. The van der Waals surface area contributed by atoms with Gasteiger partial charge in [0.15, 0.2) is 5.82 Å². The fraction of sp³-hybridized carbons (Fsp3) is 0.318. The second kappa shape index (κ2) is 8.47. The smallest absolute Gasteiger partial charge is 0.240 e. The summed E-state index contributed by atoms with van der Waals surface area (Å²) in [7, 11) is 0. The van der Waals surface area contributed by atoms with E-state index in [1.54, 1.807) is 12.1 Å². The maximum absolute atomic E-state index is 13.5. The highest BCUT2D eigenvalue weighted by molar-refractivity contribution is 8.00. The molecule has 30 heavy (non-hydrogen) atoms.